The van der Waals surface area contributed by atoms with Crippen molar-refractivity contribution in [3.8, 4) is 44.5 Å². The third kappa shape index (κ3) is 6.65. The molecule has 0 bridgehead atoms. The first-order valence-electron chi connectivity index (χ1n) is 26.9. The fourth-order valence-electron chi connectivity index (χ4n) is 13.2. The summed E-state index contributed by atoms with van der Waals surface area (Å²) in [5, 5.41) is 6.95. The van der Waals surface area contributed by atoms with Crippen LogP contribution in [0.15, 0.2) is 296 Å². The number of furan rings is 1. The summed E-state index contributed by atoms with van der Waals surface area (Å²) >= 11 is 0. The molecule has 0 N–H and O–H groups in total. The van der Waals surface area contributed by atoms with E-state index in [4.69, 9.17) is 4.42 Å². The summed E-state index contributed by atoms with van der Waals surface area (Å²) in [7, 11) is 0. The molecule has 0 radical (unpaired) electrons. The molecule has 0 saturated heterocycles. The van der Waals surface area contributed by atoms with Crippen molar-refractivity contribution >= 4 is 77.6 Å². The predicted octanol–water partition coefficient (Wildman–Crippen LogP) is 20.5. The van der Waals surface area contributed by atoms with Gasteiger partial charge in [-0.2, -0.15) is 0 Å². The van der Waals surface area contributed by atoms with Gasteiger partial charge in [-0.05, 0) is 156 Å². The highest BCUT2D eigenvalue weighted by Crippen LogP contribution is 2.64. The summed E-state index contributed by atoms with van der Waals surface area (Å²) in [5.41, 5.74) is 22.2. The molecule has 1 spiro atoms. The van der Waals surface area contributed by atoms with Crippen molar-refractivity contribution < 1.29 is 4.42 Å². The van der Waals surface area contributed by atoms with Crippen LogP contribution in [0.5, 0.6) is 0 Å². The van der Waals surface area contributed by atoms with Crippen molar-refractivity contribution in [1.82, 2.24) is 0 Å². The molecule has 16 rings (SSSR count). The molecule has 0 aliphatic heterocycles. The molecule has 0 fully saturated rings. The molecular weight excluding hydrogens is 945 g/mol. The van der Waals surface area contributed by atoms with Gasteiger partial charge in [-0.3, -0.25) is 0 Å². The molecule has 364 valence electrons. The van der Waals surface area contributed by atoms with Gasteiger partial charge in [-0.25, -0.2) is 0 Å². The Bertz CT molecular complexity index is 4680. The van der Waals surface area contributed by atoms with Crippen LogP contribution in [0.25, 0.3) is 88.0 Å². The molecule has 1 heterocycles. The Morgan fingerprint density at radius 3 is 1.44 bits per heavy atom. The zero-order valence-electron chi connectivity index (χ0n) is 42.5. The molecule has 3 heteroatoms. The maximum absolute atomic E-state index is 6.87. The van der Waals surface area contributed by atoms with E-state index in [1.807, 2.05) is 0 Å². The predicted molar refractivity (Wildman–Crippen MR) is 325 cm³/mol. The minimum atomic E-state index is -0.661. The summed E-state index contributed by atoms with van der Waals surface area (Å²) in [5.74, 6) is 0. The minimum absolute atomic E-state index is 0.661. The number of anilines is 6. The van der Waals surface area contributed by atoms with Gasteiger partial charge < -0.3 is 14.2 Å². The summed E-state index contributed by atoms with van der Waals surface area (Å²) < 4.78 is 6.87. The van der Waals surface area contributed by atoms with Crippen LogP contribution in [0.3, 0.4) is 0 Å². The second-order valence-electron chi connectivity index (χ2n) is 20.8. The molecule has 13 aromatic carbocycles. The lowest BCUT2D eigenvalue weighted by Crippen LogP contribution is -2.26. The number of para-hydroxylation sites is 3. The van der Waals surface area contributed by atoms with E-state index in [0.29, 0.717) is 0 Å². The number of nitrogens with zero attached hydrogens (tertiary/aromatic N) is 2. The minimum Gasteiger partial charge on any atom is -0.454 e. The first-order valence-corrected chi connectivity index (χ1v) is 26.9. The van der Waals surface area contributed by atoms with Crippen molar-refractivity contribution in [1.29, 1.82) is 0 Å². The highest BCUT2D eigenvalue weighted by atomic mass is 16.3. The van der Waals surface area contributed by atoms with E-state index >= 15 is 0 Å². The second kappa shape index (κ2) is 17.4. The molecule has 0 amide bonds. The first-order chi connectivity index (χ1) is 38.7. The van der Waals surface area contributed by atoms with Gasteiger partial charge in [0.05, 0.1) is 16.8 Å². The second-order valence-corrected chi connectivity index (χ2v) is 20.8. The molecule has 1 atom stereocenters. The van der Waals surface area contributed by atoms with Gasteiger partial charge in [-0.15, -0.1) is 0 Å². The van der Waals surface area contributed by atoms with Gasteiger partial charge in [0.25, 0.3) is 0 Å². The van der Waals surface area contributed by atoms with Gasteiger partial charge in [0.15, 0.2) is 5.58 Å². The smallest absolute Gasteiger partial charge is 0.159 e. The Hall–Kier alpha value is -10.2. The fraction of sp³-hybridized carbons (Fsp3) is 0.0133. The van der Waals surface area contributed by atoms with Crippen LogP contribution in [0.2, 0.25) is 0 Å². The maximum Gasteiger partial charge on any atom is 0.159 e. The van der Waals surface area contributed by atoms with E-state index in [1.54, 1.807) is 0 Å². The van der Waals surface area contributed by atoms with E-state index in [1.165, 1.54) is 77.2 Å². The number of hydrogen-bond acceptors (Lipinski definition) is 3. The van der Waals surface area contributed by atoms with Gasteiger partial charge >= 0.3 is 0 Å². The highest BCUT2D eigenvalue weighted by molar-refractivity contribution is 6.11. The largest absolute Gasteiger partial charge is 0.454 e. The molecule has 0 saturated carbocycles. The van der Waals surface area contributed by atoms with E-state index < -0.39 is 5.41 Å². The van der Waals surface area contributed by atoms with Gasteiger partial charge in [-0.1, -0.05) is 218 Å². The number of fused-ring (bicyclic) bond motifs is 15. The third-order valence-corrected chi connectivity index (χ3v) is 16.6. The van der Waals surface area contributed by atoms with Gasteiger partial charge in [0.2, 0.25) is 0 Å². The fourth-order valence-corrected chi connectivity index (χ4v) is 13.2. The van der Waals surface area contributed by atoms with Crippen molar-refractivity contribution in [2.75, 3.05) is 9.80 Å². The summed E-state index contributed by atoms with van der Waals surface area (Å²) in [6.45, 7) is 0. The molecule has 78 heavy (non-hydrogen) atoms. The van der Waals surface area contributed by atoms with Crippen molar-refractivity contribution in [2.24, 2.45) is 0 Å². The Morgan fingerprint density at radius 1 is 0.256 bits per heavy atom. The molecule has 1 unspecified atom stereocenters. The monoisotopic (exact) mass is 992 g/mol. The lowest BCUT2D eigenvalue weighted by molar-refractivity contribution is 0.669. The first kappa shape index (κ1) is 44.1. The lowest BCUT2D eigenvalue weighted by atomic mass is 9.70. The lowest BCUT2D eigenvalue weighted by Gasteiger charge is -2.34. The highest BCUT2D eigenvalue weighted by Gasteiger charge is 2.52. The molecule has 3 nitrogen and oxygen atoms in total. The van der Waals surface area contributed by atoms with E-state index in [9.17, 15) is 0 Å². The SMILES string of the molecule is c1ccc(-c2ccc(-c3cc4ccccc4cc3N(c3ccccc3)c3ccc4c(c3)C3(c5ccccc5-4)c4ccccc4-c4ccc(N(c5ccc6ccccc6c5)c5cccc6c5oc5ccccc56)cc43)cc2)cc1. The topological polar surface area (TPSA) is 19.6 Å². The zero-order valence-corrected chi connectivity index (χ0v) is 42.5. The Morgan fingerprint density at radius 2 is 0.744 bits per heavy atom. The van der Waals surface area contributed by atoms with Crippen LogP contribution < -0.4 is 9.80 Å². The van der Waals surface area contributed by atoms with Crippen LogP contribution in [-0.2, 0) is 5.41 Å². The standard InChI is InChI=1S/C75H48N2O/c1-3-18-49(19-4-1)51-34-36-52(37-35-51)66-45-54-22-9-10-23-55(54)46-72(66)76(56-24-5-2-6-25-56)58-40-42-62-60-26-11-14-30-67(60)75(69(62)47-58)68-31-15-12-27-61(68)63-43-41-59(48-70(63)75)77(57-39-38-50-20-7-8-21-53(50)44-57)71-32-17-29-65-64-28-13-16-33-73(64)78-74(65)71/h1-48H. The van der Waals surface area contributed by atoms with Crippen LogP contribution in [0.1, 0.15) is 22.3 Å². The Kier molecular flexibility index (Phi) is 9.85. The van der Waals surface area contributed by atoms with Crippen LogP contribution in [-0.4, -0.2) is 0 Å². The van der Waals surface area contributed by atoms with Crippen LogP contribution in [0.4, 0.5) is 34.1 Å². The van der Waals surface area contributed by atoms with Crippen molar-refractivity contribution in [2.45, 2.75) is 5.41 Å². The van der Waals surface area contributed by atoms with Crippen LogP contribution in [0, 0.1) is 0 Å². The molecule has 1 aromatic heterocycles. The zero-order chi connectivity index (χ0) is 51.3. The number of rotatable bonds is 8. The van der Waals surface area contributed by atoms with Gasteiger partial charge in [0.1, 0.15) is 5.58 Å². The summed E-state index contributed by atoms with van der Waals surface area (Å²) in [6.07, 6.45) is 0. The van der Waals surface area contributed by atoms with Crippen molar-refractivity contribution in [3.63, 3.8) is 0 Å². The van der Waals surface area contributed by atoms with E-state index in [0.717, 1.165) is 67.2 Å². The number of hydrogen-bond donors (Lipinski definition) is 0. The van der Waals surface area contributed by atoms with E-state index in [2.05, 4.69) is 301 Å². The quantitative estimate of drug-likeness (QED) is 0.151. The summed E-state index contributed by atoms with van der Waals surface area (Å²) in [4.78, 5) is 4.90. The normalized spacial score (nSPS) is 13.9. The average Bonchev–Trinajstić information content (AvgIpc) is 4.26. The molecular formula is C75H48N2O. The van der Waals surface area contributed by atoms with Gasteiger partial charge in [0, 0.05) is 39.1 Å². The Labute approximate surface area is 452 Å². The van der Waals surface area contributed by atoms with E-state index in [-0.39, 0.29) is 0 Å². The molecule has 2 aliphatic carbocycles. The van der Waals surface area contributed by atoms with Crippen molar-refractivity contribution in [3.05, 3.63) is 313 Å². The Balaban J connectivity index is 0.938. The summed E-state index contributed by atoms with van der Waals surface area (Å²) in [6, 6.07) is 107. The maximum atomic E-state index is 6.87. The number of benzene rings is 13. The van der Waals surface area contributed by atoms with Crippen LogP contribution >= 0.6 is 0 Å². The molecule has 2 aliphatic rings. The molecule has 14 aromatic rings. The third-order valence-electron chi connectivity index (χ3n) is 16.6. The average molecular weight is 993 g/mol.